The van der Waals surface area contributed by atoms with E-state index in [1.807, 2.05) is 12.8 Å². The Morgan fingerprint density at radius 2 is 1.14 bits per heavy atom. The van der Waals surface area contributed by atoms with Gasteiger partial charge < -0.3 is 36.2 Å². The van der Waals surface area contributed by atoms with Crippen LogP contribution in [-0.4, -0.2) is 38.9 Å². The molecule has 2 heterocycles. The molecule has 2 fully saturated rings. The van der Waals surface area contributed by atoms with Gasteiger partial charge >= 0.3 is 0 Å². The first-order valence-electron chi connectivity index (χ1n) is 7.44. The van der Waals surface area contributed by atoms with Crippen molar-refractivity contribution in [2.75, 3.05) is 0 Å². The zero-order valence-corrected chi connectivity index (χ0v) is 20.1. The first-order chi connectivity index (χ1) is 9.16. The first kappa shape index (κ1) is 26.5. The van der Waals surface area contributed by atoms with Crippen LogP contribution < -0.4 is 0 Å². The number of hydrogen-bond acceptors (Lipinski definition) is 2. The number of rotatable bonds is 2. The van der Waals surface area contributed by atoms with Gasteiger partial charge in [0.2, 0.25) is 0 Å². The maximum Gasteiger partial charge on any atom is 0.0623 e. The molecule has 0 amide bonds. The van der Waals surface area contributed by atoms with E-state index in [1.165, 1.54) is 0 Å². The second-order valence-corrected chi connectivity index (χ2v) is 5.96. The molecule has 2 aliphatic heterocycles. The molecule has 6 atom stereocenters. The molecular formula is C16H26B2O2Y2-4. The fourth-order valence-corrected chi connectivity index (χ4v) is 2.57. The quantitative estimate of drug-likeness (QED) is 0.477. The third-order valence-electron chi connectivity index (χ3n) is 4.55. The molecule has 0 spiro atoms. The van der Waals surface area contributed by atoms with Crippen LogP contribution in [0, 0.1) is 38.5 Å². The molecule has 0 aromatic heterocycles. The summed E-state index contributed by atoms with van der Waals surface area (Å²) in [5, 5.41) is 0. The van der Waals surface area contributed by atoms with Crippen molar-refractivity contribution in [1.82, 2.24) is 0 Å². The molecule has 118 valence electrons. The van der Waals surface area contributed by atoms with E-state index < -0.39 is 0 Å². The smallest absolute Gasteiger partial charge is 0.0623 e. The Labute approximate surface area is 191 Å². The van der Waals surface area contributed by atoms with E-state index in [0.717, 1.165) is 12.8 Å². The number of hydrogen-bond donors (Lipinski definition) is 0. The van der Waals surface area contributed by atoms with Crippen molar-refractivity contribution in [2.24, 2.45) is 11.8 Å². The summed E-state index contributed by atoms with van der Waals surface area (Å²) in [6.45, 7) is 16.3. The second-order valence-electron chi connectivity index (χ2n) is 5.96. The topological polar surface area (TPSA) is 18.5 Å². The van der Waals surface area contributed by atoms with Crippen molar-refractivity contribution in [1.29, 1.82) is 0 Å². The van der Waals surface area contributed by atoms with E-state index in [0.29, 0.717) is 11.8 Å². The summed E-state index contributed by atoms with van der Waals surface area (Å²) in [5.74, 6) is 0.736. The van der Waals surface area contributed by atoms with Gasteiger partial charge in [0.25, 0.3) is 0 Å². The number of ether oxygens (including phenoxy) is 2. The van der Waals surface area contributed by atoms with Gasteiger partial charge in [-0.1, -0.05) is 51.7 Å². The normalized spacial score (nSPS) is 43.5. The SMILES string of the molecule is [B]C1[CH-][C@@H](C)C([CH2-])(CC)O1.[B][C@H]1[CH-]C(C)C([CH2-])(CC)O1.[Y].[Y]. The molecule has 0 aromatic carbocycles. The third-order valence-corrected chi connectivity index (χ3v) is 4.55. The summed E-state index contributed by atoms with van der Waals surface area (Å²) in [6.07, 6.45) is 5.82. The van der Waals surface area contributed by atoms with E-state index in [2.05, 4.69) is 41.5 Å². The van der Waals surface area contributed by atoms with Crippen molar-refractivity contribution in [3.63, 3.8) is 0 Å². The van der Waals surface area contributed by atoms with Crippen LogP contribution >= 0.6 is 0 Å². The van der Waals surface area contributed by atoms with Crippen LogP contribution in [0.4, 0.5) is 0 Å². The Bertz CT molecular complexity index is 293. The van der Waals surface area contributed by atoms with Gasteiger partial charge in [-0.25, -0.2) is 0 Å². The molecule has 6 heteroatoms. The van der Waals surface area contributed by atoms with Gasteiger partial charge in [-0.05, 0) is 0 Å². The fourth-order valence-electron chi connectivity index (χ4n) is 2.57. The van der Waals surface area contributed by atoms with Gasteiger partial charge in [-0.3, -0.25) is 0 Å². The summed E-state index contributed by atoms with van der Waals surface area (Å²) < 4.78 is 10.8. The fraction of sp³-hybridized carbons (Fsp3) is 0.750. The van der Waals surface area contributed by atoms with Crippen LogP contribution in [0.5, 0.6) is 0 Å². The molecule has 0 saturated carbocycles. The van der Waals surface area contributed by atoms with Crippen LogP contribution in [0.25, 0.3) is 0 Å². The van der Waals surface area contributed by atoms with Crippen LogP contribution in [0.3, 0.4) is 0 Å². The first-order valence-corrected chi connectivity index (χ1v) is 7.44. The summed E-state index contributed by atoms with van der Waals surface area (Å²) in [6, 6.07) is -0.431. The second kappa shape index (κ2) is 11.1. The van der Waals surface area contributed by atoms with Gasteiger partial charge in [-0.15, -0.1) is 12.0 Å². The van der Waals surface area contributed by atoms with E-state index in [-0.39, 0.29) is 88.6 Å². The molecule has 2 nitrogen and oxygen atoms in total. The maximum absolute atomic E-state index is 5.56. The summed E-state index contributed by atoms with van der Waals surface area (Å²) >= 11 is 0. The minimum Gasteiger partial charge on any atom is -0.446 e. The van der Waals surface area contributed by atoms with E-state index in [9.17, 15) is 0 Å². The Morgan fingerprint density at radius 1 is 0.864 bits per heavy atom. The van der Waals surface area contributed by atoms with Crippen molar-refractivity contribution in [3.05, 3.63) is 26.7 Å². The Balaban J connectivity index is 0. The molecule has 4 unspecified atom stereocenters. The minimum atomic E-state index is -0.264. The predicted octanol–water partition coefficient (Wildman–Crippen LogP) is 2.66. The Kier molecular flexibility index (Phi) is 13.3. The van der Waals surface area contributed by atoms with Crippen LogP contribution in [0.2, 0.25) is 0 Å². The molecule has 2 rings (SSSR count). The molecule has 22 heavy (non-hydrogen) atoms. The van der Waals surface area contributed by atoms with Gasteiger partial charge in [0, 0.05) is 65.4 Å². The Morgan fingerprint density at radius 3 is 1.23 bits per heavy atom. The van der Waals surface area contributed by atoms with E-state index in [1.54, 1.807) is 0 Å². The van der Waals surface area contributed by atoms with Gasteiger partial charge in [-0.2, -0.15) is 11.8 Å². The van der Waals surface area contributed by atoms with Crippen molar-refractivity contribution < 1.29 is 74.9 Å². The zero-order chi connectivity index (χ0) is 15.6. The molecule has 6 radical (unpaired) electrons. The molecule has 0 aromatic rings. The summed E-state index contributed by atoms with van der Waals surface area (Å²) in [7, 11) is 11.1. The largest absolute Gasteiger partial charge is 0.446 e. The van der Waals surface area contributed by atoms with Crippen LogP contribution in [-0.2, 0) is 74.9 Å². The molecule has 2 aliphatic rings. The summed E-state index contributed by atoms with van der Waals surface area (Å²) in [4.78, 5) is 0. The molecule has 0 bridgehead atoms. The monoisotopic (exact) mass is 450 g/mol. The van der Waals surface area contributed by atoms with Crippen molar-refractivity contribution in [2.45, 2.75) is 63.7 Å². The average Bonchev–Trinajstić information content (AvgIpc) is 2.78. The molecule has 0 aliphatic carbocycles. The van der Waals surface area contributed by atoms with Gasteiger partial charge in [0.1, 0.15) is 0 Å². The Hall–Kier alpha value is 2.26. The molecule has 2 saturated heterocycles. The zero-order valence-electron chi connectivity index (χ0n) is 14.4. The third kappa shape index (κ3) is 6.87. The van der Waals surface area contributed by atoms with Crippen molar-refractivity contribution >= 4 is 15.7 Å². The van der Waals surface area contributed by atoms with Crippen LogP contribution in [0.15, 0.2) is 0 Å². The van der Waals surface area contributed by atoms with Gasteiger partial charge in [0.05, 0.1) is 15.7 Å². The molecule has 0 N–H and O–H groups in total. The van der Waals surface area contributed by atoms with Crippen LogP contribution in [0.1, 0.15) is 40.5 Å². The maximum atomic E-state index is 5.56. The summed E-state index contributed by atoms with van der Waals surface area (Å²) in [5.41, 5.74) is -0.529. The standard InChI is InChI=1S/2C8H13BO.2Y/c2*1-4-8(3)6(2)5-7(9)10-8;;/h2*5-7H,3-4H2,1-2H3;;/q2*-2;;/t6?,7-,8?;6-,7?,8?;;/m11../s1. The van der Waals surface area contributed by atoms with Gasteiger partial charge in [0.15, 0.2) is 0 Å². The molecular weight excluding hydrogens is 424 g/mol. The minimum absolute atomic E-state index is 0. The average molecular weight is 450 g/mol. The van der Waals surface area contributed by atoms with E-state index >= 15 is 0 Å². The van der Waals surface area contributed by atoms with Crippen molar-refractivity contribution in [3.8, 4) is 0 Å². The van der Waals surface area contributed by atoms with E-state index in [4.69, 9.17) is 25.2 Å². The predicted molar refractivity (Wildman–Crippen MR) is 84.9 cm³/mol.